The van der Waals surface area contributed by atoms with Crippen LogP contribution in [0.2, 0.25) is 5.02 Å². The van der Waals surface area contributed by atoms with Gasteiger partial charge in [0.2, 0.25) is 5.91 Å². The molecular formula is C12H13ClFNO. The highest BCUT2D eigenvalue weighted by Crippen LogP contribution is 2.30. The second-order valence-corrected chi connectivity index (χ2v) is 4.58. The fraction of sp³-hybridized carbons (Fsp3) is 0.417. The maximum Gasteiger partial charge on any atom is 0.223 e. The lowest BCUT2D eigenvalue weighted by atomic mass is 10.1. The average molecular weight is 242 g/mol. The van der Waals surface area contributed by atoms with Crippen molar-refractivity contribution in [2.24, 2.45) is 5.92 Å². The Morgan fingerprint density at radius 2 is 2.25 bits per heavy atom. The molecule has 0 heterocycles. The minimum atomic E-state index is -0.366. The molecule has 1 unspecified atom stereocenters. The number of carbonyl (C=O) groups excluding carboxylic acids is 1. The van der Waals surface area contributed by atoms with Crippen molar-refractivity contribution in [2.75, 3.05) is 0 Å². The van der Waals surface area contributed by atoms with E-state index in [1.54, 1.807) is 6.07 Å². The molecule has 0 aliphatic heterocycles. The Bertz CT molecular complexity index is 417. The first-order valence-electron chi connectivity index (χ1n) is 5.33. The Morgan fingerprint density at radius 1 is 1.56 bits per heavy atom. The second-order valence-electron chi connectivity index (χ2n) is 4.17. The van der Waals surface area contributed by atoms with Gasteiger partial charge in [-0.3, -0.25) is 4.79 Å². The largest absolute Gasteiger partial charge is 0.349 e. The van der Waals surface area contributed by atoms with Crippen LogP contribution >= 0.6 is 11.6 Å². The summed E-state index contributed by atoms with van der Waals surface area (Å²) in [6, 6.07) is 4.04. The van der Waals surface area contributed by atoms with Gasteiger partial charge in [0.25, 0.3) is 0 Å². The van der Waals surface area contributed by atoms with Gasteiger partial charge in [-0.05, 0) is 37.5 Å². The van der Waals surface area contributed by atoms with Crippen molar-refractivity contribution in [1.82, 2.24) is 5.32 Å². The molecule has 0 radical (unpaired) electrons. The van der Waals surface area contributed by atoms with Gasteiger partial charge < -0.3 is 5.32 Å². The van der Waals surface area contributed by atoms with Gasteiger partial charge in [0, 0.05) is 10.9 Å². The highest BCUT2D eigenvalue weighted by Gasteiger charge is 2.30. The third kappa shape index (κ3) is 2.53. The number of carbonyl (C=O) groups is 1. The summed E-state index contributed by atoms with van der Waals surface area (Å²) < 4.78 is 12.8. The number of amides is 1. The Hall–Kier alpha value is -1.09. The first-order chi connectivity index (χ1) is 7.58. The third-order valence-electron chi connectivity index (χ3n) is 2.74. The van der Waals surface area contributed by atoms with Crippen LogP contribution in [-0.4, -0.2) is 5.91 Å². The van der Waals surface area contributed by atoms with Gasteiger partial charge in [0.05, 0.1) is 6.04 Å². The van der Waals surface area contributed by atoms with E-state index in [-0.39, 0.29) is 23.7 Å². The van der Waals surface area contributed by atoms with Gasteiger partial charge in [0.15, 0.2) is 0 Å². The number of hydrogen-bond acceptors (Lipinski definition) is 1. The molecule has 1 N–H and O–H groups in total. The summed E-state index contributed by atoms with van der Waals surface area (Å²) in [5.41, 5.74) is 0.747. The summed E-state index contributed by atoms with van der Waals surface area (Å²) in [6.45, 7) is 1.85. The number of hydrogen-bond donors (Lipinski definition) is 1. The van der Waals surface area contributed by atoms with Crippen molar-refractivity contribution >= 4 is 17.5 Å². The van der Waals surface area contributed by atoms with Gasteiger partial charge in [-0.25, -0.2) is 4.39 Å². The highest BCUT2D eigenvalue weighted by atomic mass is 35.5. The van der Waals surface area contributed by atoms with Crippen molar-refractivity contribution in [2.45, 2.75) is 25.8 Å². The Kier molecular flexibility index (Phi) is 3.15. The Labute approximate surface area is 98.8 Å². The molecule has 1 aromatic rings. The van der Waals surface area contributed by atoms with Gasteiger partial charge in [-0.2, -0.15) is 0 Å². The zero-order valence-electron chi connectivity index (χ0n) is 8.97. The molecule has 0 bridgehead atoms. The SMILES string of the molecule is CC(NC(=O)C1CC1)c1ccc(F)cc1Cl. The quantitative estimate of drug-likeness (QED) is 0.866. The van der Waals surface area contributed by atoms with Crippen LogP contribution in [0.25, 0.3) is 0 Å². The van der Waals surface area contributed by atoms with Gasteiger partial charge in [-0.15, -0.1) is 0 Å². The Morgan fingerprint density at radius 3 is 2.81 bits per heavy atom. The molecule has 2 nitrogen and oxygen atoms in total. The van der Waals surface area contributed by atoms with Gasteiger partial charge >= 0.3 is 0 Å². The molecule has 0 aromatic heterocycles. The second kappa shape index (κ2) is 4.42. The van der Waals surface area contributed by atoms with Crippen LogP contribution in [0.4, 0.5) is 4.39 Å². The van der Waals surface area contributed by atoms with E-state index in [1.807, 2.05) is 6.92 Å². The standard InChI is InChI=1S/C12H13ClFNO/c1-7(15-12(16)8-2-3-8)10-5-4-9(14)6-11(10)13/h4-8H,2-3H2,1H3,(H,15,16). The van der Waals surface area contributed by atoms with E-state index in [2.05, 4.69) is 5.32 Å². The minimum Gasteiger partial charge on any atom is -0.349 e. The molecule has 0 saturated heterocycles. The zero-order chi connectivity index (χ0) is 11.7. The van der Waals surface area contributed by atoms with Crippen LogP contribution in [0.1, 0.15) is 31.4 Å². The number of halogens is 2. The molecule has 1 aliphatic carbocycles. The average Bonchev–Trinajstić information content (AvgIpc) is 2.99. The van der Waals surface area contributed by atoms with E-state index in [0.717, 1.165) is 18.4 Å². The molecule has 86 valence electrons. The van der Waals surface area contributed by atoms with Gasteiger partial charge in [-0.1, -0.05) is 17.7 Å². The Balaban J connectivity index is 2.07. The van der Waals surface area contributed by atoms with Crippen LogP contribution in [0.5, 0.6) is 0 Å². The molecule has 1 fully saturated rings. The molecule has 2 rings (SSSR count). The zero-order valence-corrected chi connectivity index (χ0v) is 9.72. The van der Waals surface area contributed by atoms with E-state index < -0.39 is 0 Å². The van der Waals surface area contributed by atoms with Crippen LogP contribution in [-0.2, 0) is 4.79 Å². The maximum atomic E-state index is 12.8. The third-order valence-corrected chi connectivity index (χ3v) is 3.06. The van der Waals surface area contributed by atoms with Crippen molar-refractivity contribution in [1.29, 1.82) is 0 Å². The lowest BCUT2D eigenvalue weighted by molar-refractivity contribution is -0.122. The van der Waals surface area contributed by atoms with E-state index in [0.29, 0.717) is 5.02 Å². The van der Waals surface area contributed by atoms with Crippen molar-refractivity contribution in [3.8, 4) is 0 Å². The number of benzene rings is 1. The molecule has 1 saturated carbocycles. The summed E-state index contributed by atoms with van der Waals surface area (Å²) >= 11 is 5.91. The predicted octanol–water partition coefficient (Wildman–Crippen LogP) is 3.07. The normalized spacial score (nSPS) is 16.9. The topological polar surface area (TPSA) is 29.1 Å². The fourth-order valence-corrected chi connectivity index (χ4v) is 1.94. The smallest absolute Gasteiger partial charge is 0.223 e. The molecule has 0 spiro atoms. The minimum absolute atomic E-state index is 0.0629. The van der Waals surface area contributed by atoms with Crippen LogP contribution in [0.15, 0.2) is 18.2 Å². The van der Waals surface area contributed by atoms with Crippen LogP contribution in [0, 0.1) is 11.7 Å². The van der Waals surface area contributed by atoms with Crippen molar-refractivity contribution in [3.05, 3.63) is 34.6 Å². The summed E-state index contributed by atoms with van der Waals surface area (Å²) in [5, 5.41) is 3.22. The van der Waals surface area contributed by atoms with E-state index >= 15 is 0 Å². The summed E-state index contributed by atoms with van der Waals surface area (Å²) in [6.07, 6.45) is 1.94. The number of rotatable bonds is 3. The van der Waals surface area contributed by atoms with E-state index in [9.17, 15) is 9.18 Å². The summed E-state index contributed by atoms with van der Waals surface area (Å²) in [7, 11) is 0. The first kappa shape index (κ1) is 11.4. The monoisotopic (exact) mass is 241 g/mol. The van der Waals surface area contributed by atoms with Crippen molar-refractivity contribution in [3.63, 3.8) is 0 Å². The molecule has 1 atom stereocenters. The van der Waals surface area contributed by atoms with Gasteiger partial charge in [0.1, 0.15) is 5.82 Å². The predicted molar refractivity (Wildman–Crippen MR) is 60.7 cm³/mol. The van der Waals surface area contributed by atoms with Crippen molar-refractivity contribution < 1.29 is 9.18 Å². The van der Waals surface area contributed by atoms with E-state index in [4.69, 9.17) is 11.6 Å². The fourth-order valence-electron chi connectivity index (χ4n) is 1.61. The molecule has 1 aromatic carbocycles. The molecule has 1 amide bonds. The summed E-state index contributed by atoms with van der Waals surface area (Å²) in [4.78, 5) is 11.5. The highest BCUT2D eigenvalue weighted by molar-refractivity contribution is 6.31. The molecule has 4 heteroatoms. The number of nitrogens with one attached hydrogen (secondary N) is 1. The summed E-state index contributed by atoms with van der Waals surface area (Å²) in [5.74, 6) is -0.135. The molecule has 16 heavy (non-hydrogen) atoms. The van der Waals surface area contributed by atoms with Crippen LogP contribution < -0.4 is 5.32 Å². The lowest BCUT2D eigenvalue weighted by Gasteiger charge is -2.15. The maximum absolute atomic E-state index is 12.8. The van der Waals surface area contributed by atoms with Crippen LogP contribution in [0.3, 0.4) is 0 Å². The first-order valence-corrected chi connectivity index (χ1v) is 5.71. The molecule has 1 aliphatic rings. The molecular weight excluding hydrogens is 229 g/mol. The van der Waals surface area contributed by atoms with E-state index in [1.165, 1.54) is 12.1 Å². The lowest BCUT2D eigenvalue weighted by Crippen LogP contribution is -2.28.